The van der Waals surface area contributed by atoms with Gasteiger partial charge in [-0.2, -0.15) is 0 Å². The molecule has 60 heavy (non-hydrogen) atoms. The van der Waals surface area contributed by atoms with Crippen LogP contribution in [0.5, 0.6) is 0 Å². The average molecular weight is 850 g/mol. The minimum atomic E-state index is -1.68. The SMILES string of the molecule is CC1OC(OC2C(OC3CC[C@@]4(C)C(=CCC5C6CC7C(C(C)C8CC[C@H](C)CN87)[C@@]6(C)CCC54)C3)CC(CO)C(O)C2OC2OC(C)C(O)C(O)C2O)C(O)C(O)C1O. The van der Waals surface area contributed by atoms with Crippen LogP contribution in [0.25, 0.3) is 0 Å². The molecule has 4 aliphatic heterocycles. The highest BCUT2D eigenvalue weighted by molar-refractivity contribution is 5.27. The van der Waals surface area contributed by atoms with E-state index >= 15 is 0 Å². The first-order chi connectivity index (χ1) is 28.5. The Morgan fingerprint density at radius 1 is 0.700 bits per heavy atom. The van der Waals surface area contributed by atoms with Crippen molar-refractivity contribution in [2.75, 3.05) is 13.2 Å². The third-order valence-electron chi connectivity index (χ3n) is 18.5. The standard InChI is InChI=1S/C46H75NO13/c1-20-7-10-30-21(2)33-31(47(30)18-20)17-29-27-9-8-25-16-26(11-13-45(25,5)28(27)12-14-46(29,33)6)58-32-15-24(19-48)36(51)42(60-44-40(55)38(53)35(50)23(4)57-44)41(32)59-43-39(54)37(52)34(49)22(3)56-43/h8,20-24,26-44,48-55H,7,9-19H2,1-6H3/t20-,21?,22?,23?,24?,26?,27?,28?,29?,30?,31?,32?,33?,34?,35?,36?,37?,38?,39?,40?,41?,42?,43?,44?,45-,46-/m0/s1. The molecule has 9 aliphatic rings. The van der Waals surface area contributed by atoms with Gasteiger partial charge >= 0.3 is 0 Å². The third-order valence-corrected chi connectivity index (χ3v) is 18.5. The van der Waals surface area contributed by atoms with Crippen molar-refractivity contribution in [2.24, 2.45) is 52.3 Å². The number of aliphatic hydroxyl groups is 8. The first-order valence-electron chi connectivity index (χ1n) is 23.6. The second-order valence-corrected chi connectivity index (χ2v) is 21.7. The van der Waals surface area contributed by atoms with Crippen LogP contribution >= 0.6 is 0 Å². The van der Waals surface area contributed by atoms with E-state index in [0.29, 0.717) is 23.3 Å². The summed E-state index contributed by atoms with van der Waals surface area (Å²) in [4.78, 5) is 2.96. The Labute approximate surface area is 355 Å². The van der Waals surface area contributed by atoms with Crippen molar-refractivity contribution < 1.29 is 64.5 Å². The van der Waals surface area contributed by atoms with Gasteiger partial charge in [-0.3, -0.25) is 4.90 Å². The van der Waals surface area contributed by atoms with Crippen molar-refractivity contribution in [1.29, 1.82) is 0 Å². The molecule has 5 aliphatic carbocycles. The van der Waals surface area contributed by atoms with E-state index in [1.807, 2.05) is 0 Å². The molecule has 4 heterocycles. The first kappa shape index (κ1) is 44.4. The predicted octanol–water partition coefficient (Wildman–Crippen LogP) is 1.85. The lowest BCUT2D eigenvalue weighted by Crippen LogP contribution is -2.65. The summed E-state index contributed by atoms with van der Waals surface area (Å²) in [6, 6.07) is 1.47. The number of fused-ring (bicyclic) bond motifs is 9. The molecule has 0 amide bonds. The average Bonchev–Trinajstić information content (AvgIpc) is 3.69. The Morgan fingerprint density at radius 3 is 2.00 bits per heavy atom. The topological polar surface area (TPSA) is 211 Å². The van der Waals surface area contributed by atoms with Gasteiger partial charge in [0.05, 0.1) is 30.5 Å². The largest absolute Gasteiger partial charge is 0.396 e. The summed E-state index contributed by atoms with van der Waals surface area (Å²) in [6.07, 6.45) is -6.01. The third kappa shape index (κ3) is 7.12. The van der Waals surface area contributed by atoms with Crippen LogP contribution in [0.3, 0.4) is 0 Å². The molecule has 14 heteroatoms. The number of rotatable bonds is 7. The van der Waals surface area contributed by atoms with Gasteiger partial charge in [0.2, 0.25) is 0 Å². The highest BCUT2D eigenvalue weighted by atomic mass is 16.7. The molecule has 4 saturated carbocycles. The van der Waals surface area contributed by atoms with Crippen LogP contribution < -0.4 is 0 Å². The van der Waals surface area contributed by atoms with Crippen LogP contribution in [-0.2, 0) is 23.7 Å². The molecule has 8 fully saturated rings. The van der Waals surface area contributed by atoms with Crippen LogP contribution in [0.15, 0.2) is 11.6 Å². The molecule has 342 valence electrons. The summed E-state index contributed by atoms with van der Waals surface area (Å²) < 4.78 is 31.3. The number of piperidine rings is 1. The molecule has 9 rings (SSSR count). The summed E-state index contributed by atoms with van der Waals surface area (Å²) in [5.41, 5.74) is 1.89. The van der Waals surface area contributed by atoms with E-state index in [4.69, 9.17) is 23.7 Å². The van der Waals surface area contributed by atoms with Gasteiger partial charge in [-0.1, -0.05) is 39.3 Å². The van der Waals surface area contributed by atoms with Crippen LogP contribution in [0, 0.1) is 52.3 Å². The molecule has 0 bridgehead atoms. The summed E-state index contributed by atoms with van der Waals surface area (Å²) in [5.74, 6) is 3.61. The zero-order valence-corrected chi connectivity index (χ0v) is 36.5. The number of allylic oxidation sites excluding steroid dienone is 1. The number of nitrogens with zero attached hydrogens (tertiary/aromatic N) is 1. The van der Waals surface area contributed by atoms with Gasteiger partial charge in [-0.15, -0.1) is 0 Å². The predicted molar refractivity (Wildman–Crippen MR) is 217 cm³/mol. The van der Waals surface area contributed by atoms with Gasteiger partial charge < -0.3 is 64.5 Å². The zero-order valence-electron chi connectivity index (χ0n) is 36.5. The molecule has 0 aromatic rings. The normalized spacial score (nSPS) is 58.1. The van der Waals surface area contributed by atoms with E-state index < -0.39 is 98.4 Å². The van der Waals surface area contributed by atoms with Crippen LogP contribution in [0.1, 0.15) is 106 Å². The summed E-state index contributed by atoms with van der Waals surface area (Å²) in [7, 11) is 0. The number of hydrogen-bond donors (Lipinski definition) is 8. The maximum Gasteiger partial charge on any atom is 0.187 e. The molecule has 0 radical (unpaired) electrons. The molecule has 14 nitrogen and oxygen atoms in total. The second-order valence-electron chi connectivity index (χ2n) is 21.7. The smallest absolute Gasteiger partial charge is 0.187 e. The van der Waals surface area contributed by atoms with E-state index in [2.05, 4.69) is 38.7 Å². The lowest BCUT2D eigenvalue weighted by Gasteiger charge is -2.58. The summed E-state index contributed by atoms with van der Waals surface area (Å²) in [5, 5.41) is 86.3. The Balaban J connectivity index is 0.950. The van der Waals surface area contributed by atoms with E-state index in [9.17, 15) is 40.9 Å². The van der Waals surface area contributed by atoms with Gasteiger partial charge in [0.15, 0.2) is 12.6 Å². The van der Waals surface area contributed by atoms with Gasteiger partial charge in [-0.25, -0.2) is 0 Å². The molecular weight excluding hydrogens is 775 g/mol. The minimum absolute atomic E-state index is 0.0667. The summed E-state index contributed by atoms with van der Waals surface area (Å²) >= 11 is 0. The maximum atomic E-state index is 11.7. The zero-order chi connectivity index (χ0) is 42.7. The Morgan fingerprint density at radius 2 is 1.35 bits per heavy atom. The molecular formula is C46H75NO13. The quantitative estimate of drug-likeness (QED) is 0.172. The van der Waals surface area contributed by atoms with Crippen LogP contribution in [-0.4, -0.2) is 163 Å². The Kier molecular flexibility index (Phi) is 12.2. The highest BCUT2D eigenvalue weighted by Gasteiger charge is 2.66. The molecule has 0 spiro atoms. The van der Waals surface area contributed by atoms with Crippen LogP contribution in [0.2, 0.25) is 0 Å². The fourth-order valence-corrected chi connectivity index (χ4v) is 15.2. The van der Waals surface area contributed by atoms with Crippen molar-refractivity contribution in [3.63, 3.8) is 0 Å². The summed E-state index contributed by atoms with van der Waals surface area (Å²) in [6.45, 7) is 14.1. The fraction of sp³-hybridized carbons (Fsp3) is 0.957. The number of ether oxygens (including phenoxy) is 5. The lowest BCUT2D eigenvalue weighted by molar-refractivity contribution is -0.359. The van der Waals surface area contributed by atoms with E-state index in [1.54, 1.807) is 6.92 Å². The van der Waals surface area contributed by atoms with E-state index in [0.717, 1.165) is 55.4 Å². The van der Waals surface area contributed by atoms with E-state index in [1.165, 1.54) is 51.1 Å². The monoisotopic (exact) mass is 850 g/mol. The minimum Gasteiger partial charge on any atom is -0.396 e. The van der Waals surface area contributed by atoms with Crippen LogP contribution in [0.4, 0.5) is 0 Å². The molecule has 0 aromatic heterocycles. The lowest BCUT2D eigenvalue weighted by atomic mass is 9.47. The van der Waals surface area contributed by atoms with Gasteiger partial charge in [0.25, 0.3) is 0 Å². The van der Waals surface area contributed by atoms with Crippen molar-refractivity contribution >= 4 is 0 Å². The Bertz CT molecular complexity index is 1570. The number of aliphatic hydroxyl groups excluding tert-OH is 8. The number of hydrogen-bond acceptors (Lipinski definition) is 14. The van der Waals surface area contributed by atoms with Crippen molar-refractivity contribution in [2.45, 2.75) is 210 Å². The van der Waals surface area contributed by atoms with E-state index in [-0.39, 0.29) is 17.9 Å². The highest BCUT2D eigenvalue weighted by Crippen LogP contribution is 2.70. The van der Waals surface area contributed by atoms with Crippen molar-refractivity contribution in [3.8, 4) is 0 Å². The first-order valence-corrected chi connectivity index (χ1v) is 23.6. The van der Waals surface area contributed by atoms with Gasteiger partial charge in [0.1, 0.15) is 48.8 Å². The van der Waals surface area contributed by atoms with Crippen molar-refractivity contribution in [3.05, 3.63) is 11.6 Å². The van der Waals surface area contributed by atoms with Crippen molar-refractivity contribution in [1.82, 2.24) is 4.90 Å². The van der Waals surface area contributed by atoms with Gasteiger partial charge in [-0.05, 0) is 124 Å². The Hall–Kier alpha value is -0.820. The molecule has 26 atom stereocenters. The maximum absolute atomic E-state index is 11.7. The molecule has 4 saturated heterocycles. The molecule has 23 unspecified atom stereocenters. The molecule has 0 aromatic carbocycles. The second kappa shape index (κ2) is 16.6. The van der Waals surface area contributed by atoms with Gasteiger partial charge in [0, 0.05) is 31.2 Å². The fourth-order valence-electron chi connectivity index (χ4n) is 15.2. The molecule has 8 N–H and O–H groups in total.